The van der Waals surface area contributed by atoms with E-state index >= 15 is 0 Å². The molecule has 0 aliphatic heterocycles. The smallest absolute Gasteiger partial charge is 0.387 e. The zero-order chi connectivity index (χ0) is 27.3. The summed E-state index contributed by atoms with van der Waals surface area (Å²) < 4.78 is 22.9. The van der Waals surface area contributed by atoms with Crippen molar-refractivity contribution in [2.75, 3.05) is 40.9 Å². The molecule has 0 aliphatic rings. The maximum atomic E-state index is 12.2. The molecule has 0 spiro atoms. The highest BCUT2D eigenvalue weighted by Crippen LogP contribution is 2.43. The minimum atomic E-state index is -4.31. The number of unbranched alkanes of at least 4 members (excludes halogenated alkanes) is 5. The summed E-state index contributed by atoms with van der Waals surface area (Å²) in [6, 6.07) is -0.858. The average Bonchev–Trinajstić information content (AvgIpc) is 2.79. The van der Waals surface area contributed by atoms with Gasteiger partial charge in [-0.05, 0) is 38.5 Å². The number of quaternary nitrogens is 1. The van der Waals surface area contributed by atoms with Gasteiger partial charge in [-0.15, -0.1) is 0 Å². The summed E-state index contributed by atoms with van der Waals surface area (Å²) >= 11 is 0. The number of carbonyl (C=O) groups excluding carboxylic acids is 1. The highest BCUT2D eigenvalue weighted by atomic mass is 31.2. The van der Waals surface area contributed by atoms with Crippen LogP contribution in [-0.4, -0.2) is 73.4 Å². The molecule has 3 unspecified atom stereocenters. The van der Waals surface area contributed by atoms with Gasteiger partial charge in [0.15, 0.2) is 0 Å². The SMILES string of the molecule is CCCC/C=C/CC/C=C/CC/C=C/C(O)C(COP(=O)(O)OCC[N+](C)(C)C)NC(=O)CCCC. The molecule has 9 heteroatoms. The predicted molar refractivity (Wildman–Crippen MR) is 148 cm³/mol. The minimum absolute atomic E-state index is 0.0515. The van der Waals surface area contributed by atoms with Crippen LogP contribution in [0, 0.1) is 0 Å². The van der Waals surface area contributed by atoms with Crippen LogP contribution < -0.4 is 5.32 Å². The molecule has 210 valence electrons. The van der Waals surface area contributed by atoms with Crippen LogP contribution in [0.3, 0.4) is 0 Å². The molecule has 36 heavy (non-hydrogen) atoms. The number of amides is 1. The molecule has 1 amide bonds. The van der Waals surface area contributed by atoms with Crippen LogP contribution in [0.1, 0.15) is 78.1 Å². The van der Waals surface area contributed by atoms with Crippen LogP contribution in [0.15, 0.2) is 36.5 Å². The van der Waals surface area contributed by atoms with Gasteiger partial charge in [-0.2, -0.15) is 0 Å². The fourth-order valence-electron chi connectivity index (χ4n) is 3.03. The lowest BCUT2D eigenvalue weighted by Crippen LogP contribution is -2.45. The number of likely N-dealkylation sites (N-methyl/N-ethyl adjacent to an activating group) is 1. The molecule has 0 radical (unpaired) electrons. The molecule has 0 aromatic heterocycles. The third-order valence-corrected chi connectivity index (χ3v) is 6.32. The fourth-order valence-corrected chi connectivity index (χ4v) is 3.77. The molecule has 0 aliphatic carbocycles. The molecule has 0 rings (SSSR count). The van der Waals surface area contributed by atoms with E-state index in [0.717, 1.165) is 44.9 Å². The molecule has 0 saturated heterocycles. The van der Waals surface area contributed by atoms with Crippen LogP contribution in [0.25, 0.3) is 0 Å². The Bertz CT molecular complexity index is 703. The lowest BCUT2D eigenvalue weighted by Gasteiger charge is -2.25. The van der Waals surface area contributed by atoms with Gasteiger partial charge in [0.05, 0.1) is 39.9 Å². The van der Waals surface area contributed by atoms with E-state index in [9.17, 15) is 19.4 Å². The highest BCUT2D eigenvalue weighted by molar-refractivity contribution is 7.47. The zero-order valence-corrected chi connectivity index (χ0v) is 24.1. The Labute approximate surface area is 219 Å². The predicted octanol–water partition coefficient (Wildman–Crippen LogP) is 5.28. The molecule has 8 nitrogen and oxygen atoms in total. The first-order chi connectivity index (χ1) is 17.0. The van der Waals surface area contributed by atoms with Gasteiger partial charge in [-0.1, -0.05) is 69.6 Å². The Kier molecular flexibility index (Phi) is 20.0. The van der Waals surface area contributed by atoms with Gasteiger partial charge in [0.1, 0.15) is 13.2 Å². The second-order valence-corrected chi connectivity index (χ2v) is 11.5. The summed E-state index contributed by atoms with van der Waals surface area (Å²) in [6.07, 6.45) is 20.3. The number of phosphoric ester groups is 1. The van der Waals surface area contributed by atoms with Crippen LogP contribution in [-0.2, 0) is 18.4 Å². The van der Waals surface area contributed by atoms with E-state index in [-0.39, 0.29) is 19.1 Å². The van der Waals surface area contributed by atoms with E-state index in [1.54, 1.807) is 6.08 Å². The number of aliphatic hydroxyl groups is 1. The van der Waals surface area contributed by atoms with Gasteiger partial charge in [0, 0.05) is 6.42 Å². The average molecular weight is 532 g/mol. The largest absolute Gasteiger partial charge is 0.472 e. The number of nitrogens with zero attached hydrogens (tertiary/aromatic N) is 1. The molecule has 0 aromatic rings. The molecule has 0 fully saturated rings. The normalized spacial score (nSPS) is 16.1. The van der Waals surface area contributed by atoms with E-state index in [4.69, 9.17) is 9.05 Å². The Balaban J connectivity index is 4.65. The molecule has 0 heterocycles. The van der Waals surface area contributed by atoms with Crippen molar-refractivity contribution in [3.8, 4) is 0 Å². The Hall–Kier alpha value is -1.28. The van der Waals surface area contributed by atoms with Gasteiger partial charge in [0.2, 0.25) is 5.91 Å². The number of aliphatic hydroxyl groups excluding tert-OH is 1. The van der Waals surface area contributed by atoms with Gasteiger partial charge < -0.3 is 19.8 Å². The first-order valence-electron chi connectivity index (χ1n) is 13.4. The summed E-state index contributed by atoms with van der Waals surface area (Å²) in [5.41, 5.74) is 0. The van der Waals surface area contributed by atoms with E-state index in [1.807, 2.05) is 34.1 Å². The topological polar surface area (TPSA) is 105 Å². The van der Waals surface area contributed by atoms with Crippen LogP contribution in [0.4, 0.5) is 0 Å². The highest BCUT2D eigenvalue weighted by Gasteiger charge is 2.27. The quantitative estimate of drug-likeness (QED) is 0.0760. The summed E-state index contributed by atoms with van der Waals surface area (Å²) in [7, 11) is 1.53. The Morgan fingerprint density at radius 2 is 1.47 bits per heavy atom. The fraction of sp³-hybridized carbons (Fsp3) is 0.741. The Morgan fingerprint density at radius 3 is 2.03 bits per heavy atom. The number of phosphoric acid groups is 1. The molecule has 0 saturated carbocycles. The summed E-state index contributed by atoms with van der Waals surface area (Å²) in [5, 5.41) is 13.3. The maximum absolute atomic E-state index is 12.2. The first-order valence-corrected chi connectivity index (χ1v) is 14.9. The lowest BCUT2D eigenvalue weighted by molar-refractivity contribution is -0.870. The van der Waals surface area contributed by atoms with Gasteiger partial charge in [-0.3, -0.25) is 13.8 Å². The van der Waals surface area contributed by atoms with Crippen molar-refractivity contribution in [3.05, 3.63) is 36.5 Å². The summed E-state index contributed by atoms with van der Waals surface area (Å²) in [5.74, 6) is -0.233. The van der Waals surface area contributed by atoms with Gasteiger partial charge in [-0.25, -0.2) is 4.57 Å². The number of hydrogen-bond donors (Lipinski definition) is 3. The zero-order valence-electron chi connectivity index (χ0n) is 23.2. The molecule has 0 aromatic carbocycles. The Morgan fingerprint density at radius 1 is 0.917 bits per heavy atom. The number of nitrogens with one attached hydrogen (secondary N) is 1. The van der Waals surface area contributed by atoms with Crippen LogP contribution >= 0.6 is 7.82 Å². The molecular formula is C27H52N2O6P+. The minimum Gasteiger partial charge on any atom is -0.387 e. The van der Waals surface area contributed by atoms with E-state index in [1.165, 1.54) is 12.8 Å². The standard InChI is InChI=1S/C27H51N2O6P/c1-6-8-10-11-12-13-14-15-16-17-18-19-20-26(30)25(28-27(31)21-9-7-2)24-35-36(32,33)34-23-22-29(3,4)5/h11-12,15-16,19-20,25-26,30H,6-10,13-14,17-18,21-24H2,1-5H3,(H-,28,31,32,33)/p+1/b12-11+,16-15+,20-19+. The van der Waals surface area contributed by atoms with Crippen molar-refractivity contribution in [1.82, 2.24) is 5.32 Å². The van der Waals surface area contributed by atoms with E-state index in [2.05, 4.69) is 36.5 Å². The van der Waals surface area contributed by atoms with Crippen molar-refractivity contribution in [2.24, 2.45) is 0 Å². The lowest BCUT2D eigenvalue weighted by atomic mass is 10.1. The number of carbonyl (C=O) groups is 1. The van der Waals surface area contributed by atoms with Crippen molar-refractivity contribution in [2.45, 2.75) is 90.2 Å². The molecular weight excluding hydrogens is 479 g/mol. The van der Waals surface area contributed by atoms with Crippen molar-refractivity contribution >= 4 is 13.7 Å². The monoisotopic (exact) mass is 531 g/mol. The maximum Gasteiger partial charge on any atom is 0.472 e. The third-order valence-electron chi connectivity index (χ3n) is 5.34. The number of hydrogen-bond acceptors (Lipinski definition) is 5. The van der Waals surface area contributed by atoms with Gasteiger partial charge in [0.25, 0.3) is 0 Å². The second-order valence-electron chi connectivity index (χ2n) is 10.0. The van der Waals surface area contributed by atoms with E-state index in [0.29, 0.717) is 17.4 Å². The summed E-state index contributed by atoms with van der Waals surface area (Å²) in [4.78, 5) is 22.2. The number of allylic oxidation sites excluding steroid dienone is 5. The second kappa shape index (κ2) is 20.7. The summed E-state index contributed by atoms with van der Waals surface area (Å²) in [6.45, 7) is 4.42. The van der Waals surface area contributed by atoms with Gasteiger partial charge >= 0.3 is 7.82 Å². The van der Waals surface area contributed by atoms with Crippen molar-refractivity contribution in [1.29, 1.82) is 0 Å². The van der Waals surface area contributed by atoms with Crippen molar-refractivity contribution in [3.63, 3.8) is 0 Å². The molecule has 0 bridgehead atoms. The molecule has 3 N–H and O–H groups in total. The number of rotatable bonds is 22. The first kappa shape index (κ1) is 34.7. The third kappa shape index (κ3) is 22.0. The van der Waals surface area contributed by atoms with E-state index < -0.39 is 20.0 Å². The molecule has 3 atom stereocenters. The van der Waals surface area contributed by atoms with Crippen molar-refractivity contribution < 1.29 is 32.9 Å². The van der Waals surface area contributed by atoms with Crippen LogP contribution in [0.2, 0.25) is 0 Å². The van der Waals surface area contributed by atoms with Crippen LogP contribution in [0.5, 0.6) is 0 Å².